The van der Waals surface area contributed by atoms with Crippen molar-refractivity contribution in [1.82, 2.24) is 9.88 Å². The maximum absolute atomic E-state index is 13.0. The van der Waals surface area contributed by atoms with Crippen LogP contribution in [0.15, 0.2) is 54.6 Å². The smallest absolute Gasteiger partial charge is 0.355 e. The van der Waals surface area contributed by atoms with E-state index in [-0.39, 0.29) is 34.9 Å². The largest absolute Gasteiger partial charge is 0.461 e. The van der Waals surface area contributed by atoms with E-state index in [2.05, 4.69) is 4.98 Å². The molecule has 1 N–H and O–H groups in total. The predicted octanol–water partition coefficient (Wildman–Crippen LogP) is 4.12. The summed E-state index contributed by atoms with van der Waals surface area (Å²) in [6, 6.07) is 15.8. The van der Waals surface area contributed by atoms with Crippen molar-refractivity contribution in [3.8, 4) is 0 Å². The fourth-order valence-electron chi connectivity index (χ4n) is 3.84. The Morgan fingerprint density at radius 1 is 0.857 bits per heavy atom. The predicted molar refractivity (Wildman–Crippen MR) is 130 cm³/mol. The number of esters is 2. The van der Waals surface area contributed by atoms with Gasteiger partial charge in [0.25, 0.3) is 5.91 Å². The minimum Gasteiger partial charge on any atom is -0.461 e. The van der Waals surface area contributed by atoms with E-state index >= 15 is 0 Å². The molecule has 0 unspecified atom stereocenters. The summed E-state index contributed by atoms with van der Waals surface area (Å²) in [5.41, 5.74) is 2.57. The lowest BCUT2D eigenvalue weighted by atomic mass is 10.1. The number of H-pyrrole nitrogens is 1. The molecule has 0 aliphatic carbocycles. The number of aromatic nitrogens is 1. The summed E-state index contributed by atoms with van der Waals surface area (Å²) >= 11 is 0. The molecule has 2 aromatic carbocycles. The summed E-state index contributed by atoms with van der Waals surface area (Å²) in [7, 11) is 1.65. The van der Waals surface area contributed by atoms with Gasteiger partial charge in [-0.25, -0.2) is 9.59 Å². The van der Waals surface area contributed by atoms with Crippen LogP contribution in [0.4, 0.5) is 0 Å². The first-order valence-corrected chi connectivity index (χ1v) is 11.2. The average Bonchev–Trinajstić information content (AvgIpc) is 3.16. The highest BCUT2D eigenvalue weighted by molar-refractivity contribution is 6.07. The summed E-state index contributed by atoms with van der Waals surface area (Å²) in [6.45, 7) is 5.01. The van der Waals surface area contributed by atoms with E-state index in [4.69, 9.17) is 9.47 Å². The van der Waals surface area contributed by atoms with Crippen LogP contribution in [0.25, 0.3) is 0 Å². The lowest BCUT2D eigenvalue weighted by Gasteiger charge is -2.19. The molecule has 35 heavy (non-hydrogen) atoms. The van der Waals surface area contributed by atoms with Crippen molar-refractivity contribution >= 4 is 23.6 Å². The molecule has 8 heteroatoms. The zero-order valence-corrected chi connectivity index (χ0v) is 20.2. The minimum absolute atomic E-state index is 0.0694. The molecule has 1 aromatic heterocycles. The third-order valence-electron chi connectivity index (χ3n) is 5.52. The Balaban J connectivity index is 1.72. The number of ketones is 1. The normalized spacial score (nSPS) is 10.5. The molecule has 3 rings (SSSR count). The molecule has 0 saturated carbocycles. The van der Waals surface area contributed by atoms with Gasteiger partial charge in [0.2, 0.25) is 5.78 Å². The molecular weight excluding hydrogens is 448 g/mol. The van der Waals surface area contributed by atoms with Crippen LogP contribution in [-0.4, -0.2) is 53.8 Å². The number of carbonyl (C=O) groups excluding carboxylic acids is 4. The van der Waals surface area contributed by atoms with Crippen LogP contribution in [0.1, 0.15) is 65.3 Å². The Hall–Kier alpha value is -4.20. The van der Waals surface area contributed by atoms with Crippen LogP contribution in [0, 0.1) is 13.8 Å². The molecule has 0 aliphatic heterocycles. The van der Waals surface area contributed by atoms with Gasteiger partial charge in [0, 0.05) is 24.8 Å². The summed E-state index contributed by atoms with van der Waals surface area (Å²) < 4.78 is 10.3. The molecule has 1 amide bonds. The number of hydrogen-bond acceptors (Lipinski definition) is 6. The molecule has 0 bridgehead atoms. The van der Waals surface area contributed by atoms with Crippen molar-refractivity contribution in [2.24, 2.45) is 0 Å². The number of aromatic amines is 1. The van der Waals surface area contributed by atoms with Gasteiger partial charge in [-0.3, -0.25) is 9.59 Å². The van der Waals surface area contributed by atoms with Crippen molar-refractivity contribution in [1.29, 1.82) is 0 Å². The monoisotopic (exact) mass is 476 g/mol. The second kappa shape index (κ2) is 11.3. The maximum atomic E-state index is 13.0. The third-order valence-corrected chi connectivity index (χ3v) is 5.52. The Morgan fingerprint density at radius 3 is 2.14 bits per heavy atom. The number of benzene rings is 2. The summed E-state index contributed by atoms with van der Waals surface area (Å²) in [6.07, 6.45) is 0. The standard InChI is InChI=1S/C27H28N2O6/c1-5-34-27(33)24-17(2)23(18(3)28-24)22(30)16-35-26(32)21-14-10-9-13-20(21)25(31)29(4)15-19-11-7-6-8-12-19/h6-14,28H,5,15-16H2,1-4H3. The molecule has 182 valence electrons. The van der Waals surface area contributed by atoms with Crippen molar-refractivity contribution in [3.63, 3.8) is 0 Å². The van der Waals surface area contributed by atoms with Gasteiger partial charge in [0.05, 0.1) is 17.7 Å². The zero-order chi connectivity index (χ0) is 25.5. The van der Waals surface area contributed by atoms with E-state index in [0.717, 1.165) is 5.56 Å². The van der Waals surface area contributed by atoms with Gasteiger partial charge < -0.3 is 19.4 Å². The van der Waals surface area contributed by atoms with E-state index in [9.17, 15) is 19.2 Å². The summed E-state index contributed by atoms with van der Waals surface area (Å²) in [5.74, 6) is -2.16. The van der Waals surface area contributed by atoms with E-state index in [1.807, 2.05) is 30.3 Å². The Labute approximate surface area is 203 Å². The lowest BCUT2D eigenvalue weighted by Crippen LogP contribution is -2.28. The van der Waals surface area contributed by atoms with Crippen LogP contribution in [0.2, 0.25) is 0 Å². The molecule has 3 aromatic rings. The first-order valence-electron chi connectivity index (χ1n) is 11.2. The number of carbonyl (C=O) groups is 4. The van der Waals surface area contributed by atoms with Crippen LogP contribution in [-0.2, 0) is 16.0 Å². The Kier molecular flexibility index (Phi) is 8.20. The van der Waals surface area contributed by atoms with Crippen LogP contribution < -0.4 is 0 Å². The van der Waals surface area contributed by atoms with Gasteiger partial charge in [0.1, 0.15) is 5.69 Å². The second-order valence-corrected chi connectivity index (χ2v) is 8.04. The zero-order valence-electron chi connectivity index (χ0n) is 20.2. The number of aryl methyl sites for hydroxylation is 1. The average molecular weight is 477 g/mol. The van der Waals surface area contributed by atoms with Crippen molar-refractivity contribution < 1.29 is 28.7 Å². The second-order valence-electron chi connectivity index (χ2n) is 8.04. The molecule has 0 atom stereocenters. The Morgan fingerprint density at radius 2 is 1.49 bits per heavy atom. The van der Waals surface area contributed by atoms with Gasteiger partial charge in [-0.05, 0) is 44.0 Å². The number of nitrogens with one attached hydrogen (secondary N) is 1. The molecule has 0 saturated heterocycles. The highest BCUT2D eigenvalue weighted by atomic mass is 16.5. The first-order chi connectivity index (χ1) is 16.7. The number of Topliss-reactive ketones (excluding diaryl/α,β-unsaturated/α-hetero) is 1. The fraction of sp³-hybridized carbons (Fsp3) is 0.259. The van der Waals surface area contributed by atoms with Gasteiger partial charge in [-0.15, -0.1) is 0 Å². The first kappa shape index (κ1) is 25.4. The van der Waals surface area contributed by atoms with E-state index in [0.29, 0.717) is 17.8 Å². The quantitative estimate of drug-likeness (QED) is 0.368. The van der Waals surface area contributed by atoms with Gasteiger partial charge in [0.15, 0.2) is 6.61 Å². The molecule has 1 heterocycles. The summed E-state index contributed by atoms with van der Waals surface area (Å²) in [5, 5.41) is 0. The number of rotatable bonds is 9. The lowest BCUT2D eigenvalue weighted by molar-refractivity contribution is 0.0469. The number of ether oxygens (including phenoxy) is 2. The van der Waals surface area contributed by atoms with Gasteiger partial charge in [-0.2, -0.15) is 0 Å². The number of hydrogen-bond donors (Lipinski definition) is 1. The van der Waals surface area contributed by atoms with Crippen LogP contribution >= 0.6 is 0 Å². The van der Waals surface area contributed by atoms with Gasteiger partial charge in [-0.1, -0.05) is 42.5 Å². The van der Waals surface area contributed by atoms with E-state index < -0.39 is 24.3 Å². The maximum Gasteiger partial charge on any atom is 0.355 e. The molecular formula is C27H28N2O6. The topological polar surface area (TPSA) is 106 Å². The third kappa shape index (κ3) is 5.84. The molecule has 0 spiro atoms. The highest BCUT2D eigenvalue weighted by Crippen LogP contribution is 2.20. The molecule has 0 radical (unpaired) electrons. The molecule has 8 nitrogen and oxygen atoms in total. The van der Waals surface area contributed by atoms with E-state index in [1.54, 1.807) is 46.0 Å². The van der Waals surface area contributed by atoms with Crippen molar-refractivity contribution in [2.75, 3.05) is 20.3 Å². The summed E-state index contributed by atoms with van der Waals surface area (Å²) in [4.78, 5) is 55.2. The minimum atomic E-state index is -0.785. The van der Waals surface area contributed by atoms with Crippen LogP contribution in [0.5, 0.6) is 0 Å². The fourth-order valence-corrected chi connectivity index (χ4v) is 3.84. The molecule has 0 fully saturated rings. The van der Waals surface area contributed by atoms with Crippen molar-refractivity contribution in [2.45, 2.75) is 27.3 Å². The highest BCUT2D eigenvalue weighted by Gasteiger charge is 2.25. The van der Waals surface area contributed by atoms with Crippen molar-refractivity contribution in [3.05, 3.63) is 93.8 Å². The molecule has 0 aliphatic rings. The van der Waals surface area contributed by atoms with Gasteiger partial charge >= 0.3 is 11.9 Å². The SMILES string of the molecule is CCOC(=O)c1[nH]c(C)c(C(=O)COC(=O)c2ccccc2C(=O)N(C)Cc2ccccc2)c1C. The Bertz CT molecular complexity index is 1250. The number of nitrogens with zero attached hydrogens (tertiary/aromatic N) is 1. The van der Waals surface area contributed by atoms with E-state index in [1.165, 1.54) is 11.0 Å². The van der Waals surface area contributed by atoms with Crippen LogP contribution in [0.3, 0.4) is 0 Å². The number of amides is 1.